The lowest BCUT2D eigenvalue weighted by atomic mass is 10.0. The van der Waals surface area contributed by atoms with Crippen LogP contribution in [0, 0.1) is 13.8 Å². The number of aryl methyl sites for hydroxylation is 1. The maximum atomic E-state index is 13.1. The summed E-state index contributed by atoms with van der Waals surface area (Å²) in [4.78, 5) is 42.4. The van der Waals surface area contributed by atoms with Gasteiger partial charge in [0.25, 0.3) is 5.91 Å². The van der Waals surface area contributed by atoms with Gasteiger partial charge in [-0.25, -0.2) is 4.79 Å². The van der Waals surface area contributed by atoms with Crippen LogP contribution in [0.15, 0.2) is 53.1 Å². The summed E-state index contributed by atoms with van der Waals surface area (Å²) in [6, 6.07) is 12.2. The Morgan fingerprint density at radius 2 is 1.79 bits per heavy atom. The molecule has 0 aliphatic carbocycles. The number of hydrogen-bond donors (Lipinski definition) is 1. The lowest BCUT2D eigenvalue weighted by molar-refractivity contribution is 0.0593. The van der Waals surface area contributed by atoms with E-state index in [9.17, 15) is 14.4 Å². The third-order valence-corrected chi connectivity index (χ3v) is 4.68. The molecule has 0 radical (unpaired) electrons. The van der Waals surface area contributed by atoms with Gasteiger partial charge in [0.2, 0.25) is 0 Å². The van der Waals surface area contributed by atoms with Gasteiger partial charge in [-0.3, -0.25) is 9.59 Å². The van der Waals surface area contributed by atoms with Gasteiger partial charge in [-0.1, -0.05) is 18.2 Å². The molecule has 3 rings (SSSR count). The van der Waals surface area contributed by atoms with E-state index in [0.29, 0.717) is 28.1 Å². The lowest BCUT2D eigenvalue weighted by Gasteiger charge is -2.21. The number of hydrogen-bond acceptors (Lipinski definition) is 5. The van der Waals surface area contributed by atoms with Gasteiger partial charge in [-0.2, -0.15) is 0 Å². The molecule has 0 aliphatic heterocycles. The van der Waals surface area contributed by atoms with Crippen LogP contribution in [-0.2, 0) is 11.3 Å². The fraction of sp³-hybridized carbons (Fsp3) is 0.227. The topological polar surface area (TPSA) is 92.6 Å². The van der Waals surface area contributed by atoms with Gasteiger partial charge in [0, 0.05) is 16.8 Å². The summed E-state index contributed by atoms with van der Waals surface area (Å²) in [5, 5.41) is 0. The Morgan fingerprint density at radius 3 is 2.41 bits per heavy atom. The molecule has 1 amide bonds. The van der Waals surface area contributed by atoms with E-state index in [4.69, 9.17) is 9.15 Å². The zero-order valence-electron chi connectivity index (χ0n) is 16.5. The Morgan fingerprint density at radius 1 is 1.07 bits per heavy atom. The minimum atomic E-state index is -0.544. The Labute approximate surface area is 168 Å². The van der Waals surface area contributed by atoms with Crippen molar-refractivity contribution < 1.29 is 23.5 Å². The summed E-state index contributed by atoms with van der Waals surface area (Å²) >= 11 is 0. The highest BCUT2D eigenvalue weighted by atomic mass is 16.5. The number of aromatic nitrogens is 1. The monoisotopic (exact) mass is 394 g/mol. The highest BCUT2D eigenvalue weighted by Crippen LogP contribution is 2.21. The van der Waals surface area contributed by atoms with Gasteiger partial charge in [-0.15, -0.1) is 0 Å². The first-order valence-corrected chi connectivity index (χ1v) is 9.09. The predicted molar refractivity (Wildman–Crippen MR) is 106 cm³/mol. The normalized spacial score (nSPS) is 10.6. The van der Waals surface area contributed by atoms with E-state index in [1.165, 1.54) is 18.3 Å². The van der Waals surface area contributed by atoms with Crippen molar-refractivity contribution in [2.75, 3.05) is 13.7 Å². The zero-order valence-corrected chi connectivity index (χ0v) is 16.5. The van der Waals surface area contributed by atoms with Crippen LogP contribution in [0.25, 0.3) is 0 Å². The van der Waals surface area contributed by atoms with Crippen molar-refractivity contribution in [1.29, 1.82) is 0 Å². The summed E-state index contributed by atoms with van der Waals surface area (Å²) in [6.07, 6.45) is 1.52. The predicted octanol–water partition coefficient (Wildman–Crippen LogP) is 3.54. The molecule has 0 aliphatic rings. The number of ketones is 1. The van der Waals surface area contributed by atoms with Crippen LogP contribution in [0.4, 0.5) is 0 Å². The van der Waals surface area contributed by atoms with E-state index >= 15 is 0 Å². The molecule has 3 aromatic rings. The maximum Gasteiger partial charge on any atom is 0.354 e. The van der Waals surface area contributed by atoms with E-state index in [1.807, 2.05) is 6.07 Å². The average molecular weight is 394 g/mol. The third-order valence-electron chi connectivity index (χ3n) is 4.68. The van der Waals surface area contributed by atoms with Gasteiger partial charge in [0.15, 0.2) is 5.78 Å². The molecule has 0 fully saturated rings. The van der Waals surface area contributed by atoms with E-state index < -0.39 is 5.97 Å². The molecular formula is C22H22N2O5. The fourth-order valence-electron chi connectivity index (χ4n) is 3.28. The van der Waals surface area contributed by atoms with Crippen LogP contribution in [0.1, 0.15) is 48.2 Å². The van der Waals surface area contributed by atoms with Crippen molar-refractivity contribution in [2.45, 2.75) is 20.4 Å². The molecule has 7 nitrogen and oxygen atoms in total. The van der Waals surface area contributed by atoms with Crippen molar-refractivity contribution in [3.05, 3.63) is 82.6 Å². The molecular weight excluding hydrogens is 372 g/mol. The summed E-state index contributed by atoms with van der Waals surface area (Å²) in [5.41, 5.74) is 2.16. The van der Waals surface area contributed by atoms with Crippen LogP contribution in [0.2, 0.25) is 0 Å². The standard InChI is InChI=1S/C22H22N2O5/c1-14-19(15(2)23-20(14)22(27)28-3)18(25)13-24(12-17-10-7-11-29-17)21(26)16-8-5-4-6-9-16/h4-11,23H,12-13H2,1-3H3. The molecule has 0 bridgehead atoms. The number of benzene rings is 1. The number of H-pyrrole nitrogens is 1. The summed E-state index contributed by atoms with van der Waals surface area (Å²) in [6.45, 7) is 3.38. The molecule has 2 aromatic heterocycles. The Balaban J connectivity index is 1.90. The Hall–Kier alpha value is -3.61. The van der Waals surface area contributed by atoms with Crippen molar-refractivity contribution in [1.82, 2.24) is 9.88 Å². The number of Topliss-reactive ketones (excluding diaryl/α,β-unsaturated/α-hetero) is 1. The minimum absolute atomic E-state index is 0.152. The van der Waals surface area contributed by atoms with Gasteiger partial charge in [-0.05, 0) is 43.7 Å². The van der Waals surface area contributed by atoms with E-state index in [-0.39, 0.29) is 30.5 Å². The van der Waals surface area contributed by atoms with Crippen molar-refractivity contribution in [2.24, 2.45) is 0 Å². The number of amides is 1. The summed E-state index contributed by atoms with van der Waals surface area (Å²) in [7, 11) is 1.28. The number of carbonyl (C=O) groups is 3. The molecule has 7 heteroatoms. The van der Waals surface area contributed by atoms with E-state index in [0.717, 1.165) is 0 Å². The molecule has 0 atom stereocenters. The number of esters is 1. The third kappa shape index (κ3) is 4.29. The van der Waals surface area contributed by atoms with Crippen LogP contribution in [0.5, 0.6) is 0 Å². The average Bonchev–Trinajstić information content (AvgIpc) is 3.34. The van der Waals surface area contributed by atoms with Crippen LogP contribution >= 0.6 is 0 Å². The van der Waals surface area contributed by atoms with E-state index in [2.05, 4.69) is 4.98 Å². The molecule has 29 heavy (non-hydrogen) atoms. The second-order valence-electron chi connectivity index (χ2n) is 6.65. The second kappa shape index (κ2) is 8.60. The number of nitrogens with one attached hydrogen (secondary N) is 1. The fourth-order valence-corrected chi connectivity index (χ4v) is 3.28. The van der Waals surface area contributed by atoms with Crippen molar-refractivity contribution in [3.8, 4) is 0 Å². The second-order valence-corrected chi connectivity index (χ2v) is 6.65. The Bertz CT molecular complexity index is 1020. The molecule has 1 aromatic carbocycles. The molecule has 2 heterocycles. The minimum Gasteiger partial charge on any atom is -0.467 e. The van der Waals surface area contributed by atoms with Crippen LogP contribution < -0.4 is 0 Å². The van der Waals surface area contributed by atoms with E-state index in [1.54, 1.807) is 50.2 Å². The molecule has 0 unspecified atom stereocenters. The van der Waals surface area contributed by atoms with Crippen molar-refractivity contribution >= 4 is 17.7 Å². The molecule has 0 saturated carbocycles. The highest BCUT2D eigenvalue weighted by Gasteiger charge is 2.26. The number of nitrogens with zero attached hydrogens (tertiary/aromatic N) is 1. The number of carbonyl (C=O) groups excluding carboxylic acids is 3. The van der Waals surface area contributed by atoms with Crippen molar-refractivity contribution in [3.63, 3.8) is 0 Å². The highest BCUT2D eigenvalue weighted by molar-refractivity contribution is 6.05. The number of furan rings is 1. The zero-order chi connectivity index (χ0) is 21.0. The molecule has 0 saturated heterocycles. The first-order valence-electron chi connectivity index (χ1n) is 9.09. The largest absolute Gasteiger partial charge is 0.467 e. The SMILES string of the molecule is COC(=O)c1[nH]c(C)c(C(=O)CN(Cc2ccco2)C(=O)c2ccccc2)c1C. The van der Waals surface area contributed by atoms with Gasteiger partial charge < -0.3 is 19.0 Å². The van der Waals surface area contributed by atoms with Gasteiger partial charge in [0.1, 0.15) is 11.5 Å². The first-order chi connectivity index (χ1) is 13.9. The van der Waals surface area contributed by atoms with Gasteiger partial charge in [0.05, 0.1) is 26.5 Å². The lowest BCUT2D eigenvalue weighted by Crippen LogP contribution is -2.35. The smallest absolute Gasteiger partial charge is 0.354 e. The summed E-state index contributed by atoms with van der Waals surface area (Å²) < 4.78 is 10.1. The summed E-state index contributed by atoms with van der Waals surface area (Å²) in [5.74, 6) is -0.533. The Kier molecular flexibility index (Phi) is 5.97. The number of methoxy groups -OCH3 is 1. The number of aromatic amines is 1. The maximum absolute atomic E-state index is 13.1. The van der Waals surface area contributed by atoms with Crippen LogP contribution in [-0.4, -0.2) is 41.2 Å². The van der Waals surface area contributed by atoms with Gasteiger partial charge >= 0.3 is 5.97 Å². The first kappa shape index (κ1) is 20.1. The molecule has 1 N–H and O–H groups in total. The quantitative estimate of drug-likeness (QED) is 0.489. The number of rotatable bonds is 7. The molecule has 150 valence electrons. The molecule has 0 spiro atoms. The van der Waals surface area contributed by atoms with Crippen LogP contribution in [0.3, 0.4) is 0 Å². The number of ether oxygens (including phenoxy) is 1.